The molecular formula is C14H24N2. The van der Waals surface area contributed by atoms with E-state index >= 15 is 0 Å². The van der Waals surface area contributed by atoms with Gasteiger partial charge in [0.15, 0.2) is 0 Å². The predicted molar refractivity (Wildman–Crippen MR) is 70.8 cm³/mol. The lowest BCUT2D eigenvalue weighted by atomic mass is 10.1. The lowest BCUT2D eigenvalue weighted by Crippen LogP contribution is -2.29. The van der Waals surface area contributed by atoms with E-state index in [0.717, 1.165) is 26.2 Å². The molecule has 0 aliphatic rings. The third kappa shape index (κ3) is 5.89. The summed E-state index contributed by atoms with van der Waals surface area (Å²) in [5.74, 6) is 0. The fraction of sp³-hybridized carbons (Fsp3) is 0.571. The van der Waals surface area contributed by atoms with E-state index in [1.54, 1.807) is 0 Å². The highest BCUT2D eigenvalue weighted by atomic mass is 15.1. The minimum atomic E-state index is 1.10. The molecule has 0 bridgehead atoms. The van der Waals surface area contributed by atoms with Crippen LogP contribution in [-0.4, -0.2) is 38.1 Å². The molecule has 0 saturated carbocycles. The quantitative estimate of drug-likeness (QED) is 0.675. The van der Waals surface area contributed by atoms with Crippen molar-refractivity contribution in [3.63, 3.8) is 0 Å². The van der Waals surface area contributed by atoms with Crippen molar-refractivity contribution in [1.29, 1.82) is 0 Å². The van der Waals surface area contributed by atoms with Crippen LogP contribution in [0.15, 0.2) is 30.3 Å². The van der Waals surface area contributed by atoms with Gasteiger partial charge in [0, 0.05) is 13.1 Å². The van der Waals surface area contributed by atoms with Gasteiger partial charge in [-0.05, 0) is 38.5 Å². The molecule has 1 aromatic rings. The second-order valence-corrected chi connectivity index (χ2v) is 4.24. The Bertz CT molecular complexity index is 259. The van der Waals surface area contributed by atoms with Crippen LogP contribution in [-0.2, 0) is 6.42 Å². The number of nitrogens with zero attached hydrogens (tertiary/aromatic N) is 1. The standard InChI is InChI=1S/C14H24N2/c1-3-16(2)13-12-15-11-7-10-14-8-5-4-6-9-14/h4-6,8-9,15H,3,7,10-13H2,1-2H3. The lowest BCUT2D eigenvalue weighted by Gasteiger charge is -2.13. The number of rotatable bonds is 8. The Labute approximate surface area is 99.7 Å². The van der Waals surface area contributed by atoms with E-state index < -0.39 is 0 Å². The van der Waals surface area contributed by atoms with Gasteiger partial charge in [0.2, 0.25) is 0 Å². The zero-order chi connectivity index (χ0) is 11.6. The second kappa shape index (κ2) is 8.31. The lowest BCUT2D eigenvalue weighted by molar-refractivity contribution is 0.349. The average Bonchev–Trinajstić information content (AvgIpc) is 2.34. The van der Waals surface area contributed by atoms with Crippen LogP contribution in [0.5, 0.6) is 0 Å². The van der Waals surface area contributed by atoms with Crippen molar-refractivity contribution >= 4 is 0 Å². The van der Waals surface area contributed by atoms with Crippen molar-refractivity contribution in [2.45, 2.75) is 19.8 Å². The molecule has 0 spiro atoms. The van der Waals surface area contributed by atoms with Crippen LogP contribution in [0.1, 0.15) is 18.9 Å². The summed E-state index contributed by atoms with van der Waals surface area (Å²) in [6.07, 6.45) is 2.40. The molecule has 16 heavy (non-hydrogen) atoms. The topological polar surface area (TPSA) is 15.3 Å². The first-order chi connectivity index (χ1) is 7.83. The highest BCUT2D eigenvalue weighted by Crippen LogP contribution is 2.01. The highest BCUT2D eigenvalue weighted by Gasteiger charge is 1.94. The van der Waals surface area contributed by atoms with Gasteiger partial charge in [-0.25, -0.2) is 0 Å². The fourth-order valence-corrected chi connectivity index (χ4v) is 1.62. The van der Waals surface area contributed by atoms with Gasteiger partial charge in [0.25, 0.3) is 0 Å². The maximum Gasteiger partial charge on any atom is 0.0104 e. The molecule has 0 fully saturated rings. The molecule has 0 atom stereocenters. The van der Waals surface area contributed by atoms with Crippen LogP contribution >= 0.6 is 0 Å². The minimum Gasteiger partial charge on any atom is -0.315 e. The summed E-state index contributed by atoms with van der Waals surface area (Å²) in [7, 11) is 2.16. The number of benzene rings is 1. The van der Waals surface area contributed by atoms with Gasteiger partial charge in [0.1, 0.15) is 0 Å². The van der Waals surface area contributed by atoms with Crippen molar-refractivity contribution < 1.29 is 0 Å². The second-order valence-electron chi connectivity index (χ2n) is 4.24. The summed E-state index contributed by atoms with van der Waals surface area (Å²) < 4.78 is 0. The van der Waals surface area contributed by atoms with Crippen LogP contribution in [0.3, 0.4) is 0 Å². The minimum absolute atomic E-state index is 1.10. The Morgan fingerprint density at radius 1 is 1.12 bits per heavy atom. The molecule has 0 amide bonds. The molecular weight excluding hydrogens is 196 g/mol. The van der Waals surface area contributed by atoms with E-state index in [0.29, 0.717) is 0 Å². The summed E-state index contributed by atoms with van der Waals surface area (Å²) in [6.45, 7) is 6.68. The Kier molecular flexibility index (Phi) is 6.86. The van der Waals surface area contributed by atoms with Gasteiger partial charge in [0.05, 0.1) is 0 Å². The van der Waals surface area contributed by atoms with Gasteiger partial charge in [-0.3, -0.25) is 0 Å². The zero-order valence-electron chi connectivity index (χ0n) is 10.6. The van der Waals surface area contributed by atoms with Crippen molar-refractivity contribution in [2.24, 2.45) is 0 Å². The summed E-state index contributed by atoms with van der Waals surface area (Å²) in [6, 6.07) is 10.7. The molecule has 0 unspecified atom stereocenters. The fourth-order valence-electron chi connectivity index (χ4n) is 1.62. The summed E-state index contributed by atoms with van der Waals surface area (Å²) in [5.41, 5.74) is 1.44. The molecule has 90 valence electrons. The molecule has 2 nitrogen and oxygen atoms in total. The van der Waals surface area contributed by atoms with Gasteiger partial charge >= 0.3 is 0 Å². The van der Waals surface area contributed by atoms with E-state index in [1.807, 2.05) is 0 Å². The van der Waals surface area contributed by atoms with Crippen LogP contribution in [0.4, 0.5) is 0 Å². The van der Waals surface area contributed by atoms with Gasteiger partial charge < -0.3 is 10.2 Å². The number of likely N-dealkylation sites (N-methyl/N-ethyl adjacent to an activating group) is 1. The highest BCUT2D eigenvalue weighted by molar-refractivity contribution is 5.14. The molecule has 2 heteroatoms. The Hall–Kier alpha value is -0.860. The van der Waals surface area contributed by atoms with Crippen LogP contribution in [0.25, 0.3) is 0 Å². The van der Waals surface area contributed by atoms with E-state index in [9.17, 15) is 0 Å². The molecule has 0 saturated heterocycles. The van der Waals surface area contributed by atoms with Crippen LogP contribution in [0, 0.1) is 0 Å². The number of hydrogen-bond donors (Lipinski definition) is 1. The monoisotopic (exact) mass is 220 g/mol. The van der Waals surface area contributed by atoms with Crippen LogP contribution < -0.4 is 5.32 Å². The maximum atomic E-state index is 3.48. The maximum absolute atomic E-state index is 3.48. The van der Waals surface area contributed by atoms with E-state index in [4.69, 9.17) is 0 Å². The van der Waals surface area contributed by atoms with E-state index in [-0.39, 0.29) is 0 Å². The van der Waals surface area contributed by atoms with Crippen molar-refractivity contribution in [3.05, 3.63) is 35.9 Å². The Morgan fingerprint density at radius 2 is 1.88 bits per heavy atom. The molecule has 1 N–H and O–H groups in total. The Morgan fingerprint density at radius 3 is 2.56 bits per heavy atom. The zero-order valence-corrected chi connectivity index (χ0v) is 10.6. The average molecular weight is 220 g/mol. The van der Waals surface area contributed by atoms with Crippen LogP contribution in [0.2, 0.25) is 0 Å². The first-order valence-electron chi connectivity index (χ1n) is 6.26. The SMILES string of the molecule is CCN(C)CCNCCCc1ccccc1. The predicted octanol–water partition coefficient (Wildman–Crippen LogP) is 2.16. The summed E-state index contributed by atoms with van der Waals surface area (Å²) in [5, 5.41) is 3.48. The molecule has 1 aromatic carbocycles. The third-order valence-electron chi connectivity index (χ3n) is 2.87. The summed E-state index contributed by atoms with van der Waals surface area (Å²) >= 11 is 0. The molecule has 0 heterocycles. The normalized spacial score (nSPS) is 10.9. The summed E-state index contributed by atoms with van der Waals surface area (Å²) in [4.78, 5) is 2.32. The molecule has 0 aliphatic heterocycles. The Balaban J connectivity index is 1.96. The van der Waals surface area contributed by atoms with Gasteiger partial charge in [-0.1, -0.05) is 37.3 Å². The molecule has 0 aromatic heterocycles. The molecule has 1 rings (SSSR count). The number of aryl methyl sites for hydroxylation is 1. The number of nitrogens with one attached hydrogen (secondary N) is 1. The smallest absolute Gasteiger partial charge is 0.0104 e. The van der Waals surface area contributed by atoms with E-state index in [1.165, 1.54) is 18.4 Å². The molecule has 0 aliphatic carbocycles. The first kappa shape index (κ1) is 13.2. The number of hydrogen-bond acceptors (Lipinski definition) is 2. The first-order valence-corrected chi connectivity index (χ1v) is 6.26. The molecule has 0 radical (unpaired) electrons. The van der Waals surface area contributed by atoms with E-state index in [2.05, 4.69) is 54.5 Å². The third-order valence-corrected chi connectivity index (χ3v) is 2.87. The largest absolute Gasteiger partial charge is 0.315 e. The van der Waals surface area contributed by atoms with Crippen molar-refractivity contribution in [1.82, 2.24) is 10.2 Å². The van der Waals surface area contributed by atoms with Crippen molar-refractivity contribution in [2.75, 3.05) is 33.2 Å². The van der Waals surface area contributed by atoms with Gasteiger partial charge in [-0.15, -0.1) is 0 Å². The van der Waals surface area contributed by atoms with Crippen molar-refractivity contribution in [3.8, 4) is 0 Å². The van der Waals surface area contributed by atoms with Gasteiger partial charge in [-0.2, -0.15) is 0 Å².